The van der Waals surface area contributed by atoms with Crippen LogP contribution >= 0.6 is 15.9 Å². The van der Waals surface area contributed by atoms with E-state index < -0.39 is 0 Å². The van der Waals surface area contributed by atoms with Crippen LogP contribution < -0.4 is 11.1 Å². The van der Waals surface area contributed by atoms with Crippen molar-refractivity contribution in [1.29, 1.82) is 0 Å². The van der Waals surface area contributed by atoms with Crippen molar-refractivity contribution in [1.82, 2.24) is 4.98 Å². The second kappa shape index (κ2) is 5.40. The Bertz CT molecular complexity index is 567. The van der Waals surface area contributed by atoms with Gasteiger partial charge in [0.1, 0.15) is 5.82 Å². The normalized spacial score (nSPS) is 10.4. The van der Waals surface area contributed by atoms with E-state index >= 15 is 0 Å². The van der Waals surface area contributed by atoms with E-state index in [2.05, 4.69) is 45.3 Å². The number of hydrogen-bond acceptors (Lipinski definition) is 3. The molecule has 0 saturated carbocycles. The second-order valence-corrected chi connectivity index (χ2v) is 5.12. The topological polar surface area (TPSA) is 50.9 Å². The van der Waals surface area contributed by atoms with E-state index in [0.29, 0.717) is 5.69 Å². The van der Waals surface area contributed by atoms with Crippen LogP contribution in [0.4, 0.5) is 17.2 Å². The average molecular weight is 306 g/mol. The van der Waals surface area contributed by atoms with Crippen molar-refractivity contribution >= 4 is 33.1 Å². The van der Waals surface area contributed by atoms with Crippen LogP contribution in [0.5, 0.6) is 0 Å². The molecule has 0 aliphatic rings. The lowest BCUT2D eigenvalue weighted by Crippen LogP contribution is -1.99. The van der Waals surface area contributed by atoms with Crippen molar-refractivity contribution < 1.29 is 0 Å². The number of pyridine rings is 1. The number of hydrogen-bond donors (Lipinski definition) is 2. The molecule has 0 fully saturated rings. The van der Waals surface area contributed by atoms with Gasteiger partial charge in [0.15, 0.2) is 0 Å². The number of aromatic nitrogens is 1. The molecule has 0 radical (unpaired) electrons. The molecule has 0 unspecified atom stereocenters. The first-order chi connectivity index (χ1) is 8.60. The first-order valence-electron chi connectivity index (χ1n) is 5.87. The smallest absolute Gasteiger partial charge is 0.130 e. The average Bonchev–Trinajstić information content (AvgIpc) is 2.36. The minimum Gasteiger partial charge on any atom is -0.397 e. The zero-order chi connectivity index (χ0) is 13.1. The van der Waals surface area contributed by atoms with Crippen molar-refractivity contribution in [2.45, 2.75) is 20.3 Å². The van der Waals surface area contributed by atoms with E-state index in [4.69, 9.17) is 5.73 Å². The Labute approximate surface area is 116 Å². The van der Waals surface area contributed by atoms with Gasteiger partial charge in [0, 0.05) is 10.2 Å². The van der Waals surface area contributed by atoms with E-state index in [1.165, 1.54) is 5.56 Å². The van der Waals surface area contributed by atoms with Crippen LogP contribution in [0, 0.1) is 6.92 Å². The highest BCUT2D eigenvalue weighted by molar-refractivity contribution is 9.10. The highest BCUT2D eigenvalue weighted by Gasteiger charge is 2.04. The third-order valence-corrected chi connectivity index (χ3v) is 3.36. The summed E-state index contributed by atoms with van der Waals surface area (Å²) in [5.74, 6) is 0.818. The maximum absolute atomic E-state index is 5.76. The Kier molecular flexibility index (Phi) is 3.87. The summed E-state index contributed by atoms with van der Waals surface area (Å²) < 4.78 is 1.09. The van der Waals surface area contributed by atoms with Gasteiger partial charge in [-0.1, -0.05) is 22.9 Å². The standard InChI is InChI=1S/C14H16BrN3/c1-3-10-7-11(15)4-5-13(10)18-14-6-9(2)12(16)8-17-14/h4-8H,3,16H2,1-2H3,(H,17,18). The highest BCUT2D eigenvalue weighted by Crippen LogP contribution is 2.25. The van der Waals surface area contributed by atoms with Gasteiger partial charge in [-0.3, -0.25) is 0 Å². The van der Waals surface area contributed by atoms with Gasteiger partial charge in [-0.05, 0) is 48.7 Å². The molecule has 2 rings (SSSR count). The van der Waals surface area contributed by atoms with Gasteiger partial charge < -0.3 is 11.1 Å². The monoisotopic (exact) mass is 305 g/mol. The summed E-state index contributed by atoms with van der Waals surface area (Å²) in [6.45, 7) is 4.11. The predicted molar refractivity (Wildman–Crippen MR) is 80.2 cm³/mol. The summed E-state index contributed by atoms with van der Waals surface area (Å²) in [6, 6.07) is 8.14. The van der Waals surface area contributed by atoms with Gasteiger partial charge in [-0.2, -0.15) is 0 Å². The van der Waals surface area contributed by atoms with Crippen LogP contribution in [0.25, 0.3) is 0 Å². The molecule has 18 heavy (non-hydrogen) atoms. The molecule has 2 aromatic rings. The quantitative estimate of drug-likeness (QED) is 0.899. The molecule has 94 valence electrons. The number of nitrogens with one attached hydrogen (secondary N) is 1. The summed E-state index contributed by atoms with van der Waals surface area (Å²) in [5, 5.41) is 3.33. The molecule has 3 nitrogen and oxygen atoms in total. The Balaban J connectivity index is 2.30. The van der Waals surface area contributed by atoms with Crippen LogP contribution in [0.3, 0.4) is 0 Å². The number of benzene rings is 1. The Hall–Kier alpha value is -1.55. The van der Waals surface area contributed by atoms with Gasteiger partial charge in [0.25, 0.3) is 0 Å². The Morgan fingerprint density at radius 3 is 2.78 bits per heavy atom. The fraction of sp³-hybridized carbons (Fsp3) is 0.214. The zero-order valence-electron chi connectivity index (χ0n) is 10.5. The zero-order valence-corrected chi connectivity index (χ0v) is 12.1. The fourth-order valence-corrected chi connectivity index (χ4v) is 2.16. The molecule has 1 aromatic heterocycles. The number of anilines is 3. The maximum atomic E-state index is 5.76. The number of nitrogen functional groups attached to an aromatic ring is 1. The van der Waals surface area contributed by atoms with Crippen LogP contribution in [-0.2, 0) is 6.42 Å². The number of halogens is 1. The Morgan fingerprint density at radius 2 is 2.11 bits per heavy atom. The summed E-state index contributed by atoms with van der Waals surface area (Å²) in [5.41, 5.74) is 9.84. The van der Waals surface area contributed by atoms with E-state index in [-0.39, 0.29) is 0 Å². The molecular formula is C14H16BrN3. The lowest BCUT2D eigenvalue weighted by molar-refractivity contribution is 1.13. The summed E-state index contributed by atoms with van der Waals surface area (Å²) >= 11 is 3.48. The van der Waals surface area contributed by atoms with Crippen molar-refractivity contribution in [2.24, 2.45) is 0 Å². The third kappa shape index (κ3) is 2.82. The summed E-state index contributed by atoms with van der Waals surface area (Å²) in [4.78, 5) is 4.28. The molecule has 3 N–H and O–H groups in total. The van der Waals surface area contributed by atoms with E-state index in [1.807, 2.05) is 19.1 Å². The van der Waals surface area contributed by atoms with Crippen LogP contribution in [0.2, 0.25) is 0 Å². The number of rotatable bonds is 3. The van der Waals surface area contributed by atoms with Gasteiger partial charge in [0.05, 0.1) is 11.9 Å². The third-order valence-electron chi connectivity index (χ3n) is 2.86. The molecule has 1 heterocycles. The maximum Gasteiger partial charge on any atom is 0.130 e. The number of aryl methyl sites for hydroxylation is 2. The minimum absolute atomic E-state index is 0.715. The van der Waals surface area contributed by atoms with Gasteiger partial charge in [-0.15, -0.1) is 0 Å². The van der Waals surface area contributed by atoms with Crippen molar-refractivity contribution in [3.8, 4) is 0 Å². The Morgan fingerprint density at radius 1 is 1.33 bits per heavy atom. The largest absolute Gasteiger partial charge is 0.397 e. The highest BCUT2D eigenvalue weighted by atomic mass is 79.9. The predicted octanol–water partition coefficient (Wildman–Crippen LogP) is 4.04. The van der Waals surface area contributed by atoms with Gasteiger partial charge in [-0.25, -0.2) is 4.98 Å². The van der Waals surface area contributed by atoms with Crippen LogP contribution in [-0.4, -0.2) is 4.98 Å². The molecular weight excluding hydrogens is 290 g/mol. The lowest BCUT2D eigenvalue weighted by Gasteiger charge is -2.11. The van der Waals surface area contributed by atoms with Gasteiger partial charge >= 0.3 is 0 Å². The summed E-state index contributed by atoms with van der Waals surface area (Å²) in [6.07, 6.45) is 2.65. The molecule has 0 saturated heterocycles. The van der Waals surface area contributed by atoms with E-state index in [1.54, 1.807) is 6.20 Å². The van der Waals surface area contributed by atoms with Gasteiger partial charge in [0.2, 0.25) is 0 Å². The first kappa shape index (κ1) is 12.9. The SMILES string of the molecule is CCc1cc(Br)ccc1Nc1cc(C)c(N)cn1. The summed E-state index contributed by atoms with van der Waals surface area (Å²) in [7, 11) is 0. The van der Waals surface area contributed by atoms with Crippen molar-refractivity contribution in [2.75, 3.05) is 11.1 Å². The fourth-order valence-electron chi connectivity index (χ4n) is 1.75. The molecule has 0 atom stereocenters. The number of nitrogens with two attached hydrogens (primary N) is 1. The molecule has 1 aromatic carbocycles. The molecule has 0 bridgehead atoms. The number of nitrogens with zero attached hydrogens (tertiary/aromatic N) is 1. The van der Waals surface area contributed by atoms with Crippen LogP contribution in [0.15, 0.2) is 34.9 Å². The molecule has 4 heteroatoms. The van der Waals surface area contributed by atoms with E-state index in [0.717, 1.165) is 28.0 Å². The van der Waals surface area contributed by atoms with E-state index in [9.17, 15) is 0 Å². The van der Waals surface area contributed by atoms with Crippen molar-refractivity contribution in [3.05, 3.63) is 46.1 Å². The molecule has 0 amide bonds. The minimum atomic E-state index is 0.715. The molecule has 0 aliphatic carbocycles. The molecule has 0 spiro atoms. The lowest BCUT2D eigenvalue weighted by atomic mass is 10.1. The molecule has 0 aliphatic heterocycles. The van der Waals surface area contributed by atoms with Crippen molar-refractivity contribution in [3.63, 3.8) is 0 Å². The van der Waals surface area contributed by atoms with Crippen LogP contribution in [0.1, 0.15) is 18.1 Å². The first-order valence-corrected chi connectivity index (χ1v) is 6.67. The second-order valence-electron chi connectivity index (χ2n) is 4.21.